The van der Waals surface area contributed by atoms with Gasteiger partial charge in [-0.15, -0.1) is 0 Å². The Kier molecular flexibility index (Phi) is 3.46. The summed E-state index contributed by atoms with van der Waals surface area (Å²) >= 11 is 0. The maximum Gasteiger partial charge on any atom is 0.408 e. The number of ether oxygens (including phenoxy) is 2. The normalized spacial score (nSPS) is 17.9. The molecule has 2 N–H and O–H groups in total. The summed E-state index contributed by atoms with van der Waals surface area (Å²) in [7, 11) is 1.48. The third-order valence-corrected chi connectivity index (χ3v) is 2.90. The Morgan fingerprint density at radius 2 is 2.16 bits per heavy atom. The molecule has 0 fully saturated rings. The fraction of sp³-hybridized carbons (Fsp3) is 0.333. The molecule has 0 saturated carbocycles. The summed E-state index contributed by atoms with van der Waals surface area (Å²) < 4.78 is 10.4. The summed E-state index contributed by atoms with van der Waals surface area (Å²) in [6, 6.07) is 3.36. The van der Waals surface area contributed by atoms with Crippen LogP contribution in [-0.4, -0.2) is 47.4 Å². The van der Waals surface area contributed by atoms with E-state index in [0.717, 1.165) is 4.90 Å². The van der Waals surface area contributed by atoms with Gasteiger partial charge in [-0.1, -0.05) is 0 Å². The molecule has 0 spiro atoms. The molecule has 19 heavy (non-hydrogen) atoms. The third-order valence-electron chi connectivity index (χ3n) is 2.90. The second kappa shape index (κ2) is 5.05. The molecule has 1 heterocycles. The first kappa shape index (κ1) is 13.0. The highest BCUT2D eigenvalue weighted by atomic mass is 16.5. The van der Waals surface area contributed by atoms with Crippen LogP contribution in [0.2, 0.25) is 0 Å². The number of methoxy groups -OCH3 is 1. The Hall–Kier alpha value is -2.44. The van der Waals surface area contributed by atoms with E-state index < -0.39 is 18.1 Å². The van der Waals surface area contributed by atoms with Crippen molar-refractivity contribution in [3.63, 3.8) is 0 Å². The molecule has 7 nitrogen and oxygen atoms in total. The minimum absolute atomic E-state index is 0.0106. The second-order valence-corrected chi connectivity index (χ2v) is 3.97. The maximum absolute atomic E-state index is 11.3. The number of carbonyl (C=O) groups is 2. The number of benzene rings is 1. The summed E-state index contributed by atoms with van der Waals surface area (Å²) in [5.74, 6) is -0.388. The van der Waals surface area contributed by atoms with E-state index in [-0.39, 0.29) is 13.2 Å². The van der Waals surface area contributed by atoms with E-state index in [4.69, 9.17) is 14.6 Å². The van der Waals surface area contributed by atoms with E-state index >= 15 is 0 Å². The van der Waals surface area contributed by atoms with Gasteiger partial charge in [0.2, 0.25) is 0 Å². The van der Waals surface area contributed by atoms with E-state index in [1.807, 2.05) is 0 Å². The lowest BCUT2D eigenvalue weighted by atomic mass is 10.0. The van der Waals surface area contributed by atoms with Crippen LogP contribution in [0.25, 0.3) is 0 Å². The lowest BCUT2D eigenvalue weighted by Crippen LogP contribution is -2.38. The van der Waals surface area contributed by atoms with Crippen molar-refractivity contribution < 1.29 is 29.3 Å². The standard InChI is InChI=1S/C12H13NO6/c1-18-7-2-3-8-9(6-7)19-5-4-13(12(16)17)10(8)11(14)15/h2-3,6,10H,4-5H2,1H3,(H,14,15)(H,16,17). The molecule has 0 radical (unpaired) electrons. The quantitative estimate of drug-likeness (QED) is 0.835. The lowest BCUT2D eigenvalue weighted by molar-refractivity contribution is -0.142. The van der Waals surface area contributed by atoms with Crippen molar-refractivity contribution in [2.75, 3.05) is 20.3 Å². The molecule has 0 saturated heterocycles. The van der Waals surface area contributed by atoms with Crippen molar-refractivity contribution in [1.82, 2.24) is 4.90 Å². The van der Waals surface area contributed by atoms with Crippen molar-refractivity contribution in [3.8, 4) is 11.5 Å². The maximum atomic E-state index is 11.3. The first-order valence-corrected chi connectivity index (χ1v) is 5.57. The average molecular weight is 267 g/mol. The zero-order chi connectivity index (χ0) is 14.0. The highest BCUT2D eigenvalue weighted by molar-refractivity contribution is 5.82. The zero-order valence-electron chi connectivity index (χ0n) is 10.2. The molecule has 1 amide bonds. The van der Waals surface area contributed by atoms with E-state index in [0.29, 0.717) is 17.1 Å². The first-order chi connectivity index (χ1) is 9.04. The van der Waals surface area contributed by atoms with E-state index in [2.05, 4.69) is 0 Å². The van der Waals surface area contributed by atoms with Gasteiger partial charge in [0.05, 0.1) is 13.7 Å². The van der Waals surface area contributed by atoms with Gasteiger partial charge in [0.1, 0.15) is 18.1 Å². The first-order valence-electron chi connectivity index (χ1n) is 5.57. The molecule has 7 heteroatoms. The fourth-order valence-corrected chi connectivity index (χ4v) is 2.02. The van der Waals surface area contributed by atoms with Gasteiger partial charge < -0.3 is 19.7 Å². The number of carboxylic acid groups (broad SMARTS) is 2. The lowest BCUT2D eigenvalue weighted by Gasteiger charge is -2.23. The minimum Gasteiger partial charge on any atom is -0.497 e. The summed E-state index contributed by atoms with van der Waals surface area (Å²) in [4.78, 5) is 23.3. The number of rotatable bonds is 2. The Balaban J connectivity index is 2.51. The van der Waals surface area contributed by atoms with Gasteiger partial charge in [-0.25, -0.2) is 9.59 Å². The molecule has 1 aromatic carbocycles. The molecule has 0 bridgehead atoms. The van der Waals surface area contributed by atoms with Crippen molar-refractivity contribution in [3.05, 3.63) is 23.8 Å². The van der Waals surface area contributed by atoms with Crippen LogP contribution in [0.15, 0.2) is 18.2 Å². The number of fused-ring (bicyclic) bond motifs is 1. The minimum atomic E-state index is -1.29. The van der Waals surface area contributed by atoms with Crippen LogP contribution in [0.3, 0.4) is 0 Å². The molecule has 0 aromatic heterocycles. The molecular formula is C12H13NO6. The smallest absolute Gasteiger partial charge is 0.408 e. The van der Waals surface area contributed by atoms with Gasteiger partial charge in [-0.05, 0) is 12.1 Å². The summed E-state index contributed by atoms with van der Waals surface area (Å²) in [5.41, 5.74) is 0.299. The fourth-order valence-electron chi connectivity index (χ4n) is 2.02. The predicted molar refractivity (Wildman–Crippen MR) is 63.6 cm³/mol. The van der Waals surface area contributed by atoms with Crippen LogP contribution in [0.1, 0.15) is 11.6 Å². The molecule has 1 aliphatic rings. The highest BCUT2D eigenvalue weighted by Crippen LogP contribution is 2.35. The number of amides is 1. The molecule has 1 unspecified atom stereocenters. The van der Waals surface area contributed by atoms with Crippen LogP contribution < -0.4 is 9.47 Å². The Labute approximate surface area is 109 Å². The Morgan fingerprint density at radius 3 is 2.74 bits per heavy atom. The van der Waals surface area contributed by atoms with Gasteiger partial charge in [-0.2, -0.15) is 0 Å². The van der Waals surface area contributed by atoms with Gasteiger partial charge in [0.25, 0.3) is 0 Å². The topological polar surface area (TPSA) is 96.3 Å². The van der Waals surface area contributed by atoms with Crippen LogP contribution >= 0.6 is 0 Å². The van der Waals surface area contributed by atoms with Gasteiger partial charge >= 0.3 is 12.1 Å². The van der Waals surface area contributed by atoms with E-state index in [1.54, 1.807) is 12.1 Å². The van der Waals surface area contributed by atoms with Gasteiger partial charge in [0, 0.05) is 11.6 Å². The highest BCUT2D eigenvalue weighted by Gasteiger charge is 2.35. The number of carboxylic acids is 1. The monoisotopic (exact) mass is 267 g/mol. The van der Waals surface area contributed by atoms with Crippen LogP contribution in [-0.2, 0) is 4.79 Å². The Morgan fingerprint density at radius 1 is 1.42 bits per heavy atom. The SMILES string of the molecule is COc1ccc2c(c1)OCCN(C(=O)O)C2C(=O)O. The summed E-state index contributed by atoms with van der Waals surface area (Å²) in [6.45, 7) is 0.0829. The molecule has 0 aliphatic carbocycles. The summed E-state index contributed by atoms with van der Waals surface area (Å²) in [5, 5.41) is 18.4. The largest absolute Gasteiger partial charge is 0.497 e. The van der Waals surface area contributed by atoms with Crippen LogP contribution in [0.4, 0.5) is 4.79 Å². The molecule has 2 rings (SSSR count). The summed E-state index contributed by atoms with van der Waals surface area (Å²) in [6.07, 6.45) is -1.29. The van der Waals surface area contributed by atoms with E-state index in [9.17, 15) is 14.7 Å². The number of hydrogen-bond donors (Lipinski definition) is 2. The van der Waals surface area contributed by atoms with Crippen LogP contribution in [0.5, 0.6) is 11.5 Å². The van der Waals surface area contributed by atoms with Gasteiger partial charge in [-0.3, -0.25) is 4.90 Å². The van der Waals surface area contributed by atoms with Crippen molar-refractivity contribution in [1.29, 1.82) is 0 Å². The molecule has 1 aliphatic heterocycles. The molecular weight excluding hydrogens is 254 g/mol. The second-order valence-electron chi connectivity index (χ2n) is 3.97. The number of nitrogens with zero attached hydrogens (tertiary/aromatic N) is 1. The molecule has 102 valence electrons. The van der Waals surface area contributed by atoms with Crippen molar-refractivity contribution in [2.45, 2.75) is 6.04 Å². The number of aliphatic carboxylic acids is 1. The van der Waals surface area contributed by atoms with Crippen molar-refractivity contribution >= 4 is 12.1 Å². The third kappa shape index (κ3) is 2.40. The Bertz CT molecular complexity index is 515. The van der Waals surface area contributed by atoms with Crippen molar-refractivity contribution in [2.24, 2.45) is 0 Å². The van der Waals surface area contributed by atoms with Gasteiger partial charge in [0.15, 0.2) is 6.04 Å². The predicted octanol–water partition coefficient (Wildman–Crippen LogP) is 1.19. The molecule has 1 atom stereocenters. The van der Waals surface area contributed by atoms with E-state index in [1.165, 1.54) is 13.2 Å². The number of hydrogen-bond acceptors (Lipinski definition) is 4. The van der Waals surface area contributed by atoms with Crippen LogP contribution in [0, 0.1) is 0 Å². The average Bonchev–Trinajstić information content (AvgIpc) is 2.56. The zero-order valence-corrected chi connectivity index (χ0v) is 10.2. The molecule has 1 aromatic rings.